The van der Waals surface area contributed by atoms with E-state index in [1.807, 2.05) is 0 Å². The predicted molar refractivity (Wildman–Crippen MR) is 152 cm³/mol. The molecule has 5 aromatic rings. The van der Waals surface area contributed by atoms with Gasteiger partial charge in [-0.25, -0.2) is 0 Å². The first-order valence-electron chi connectivity index (χ1n) is 12.3. The first kappa shape index (κ1) is 23.9. The Bertz CT molecular complexity index is 1440. The monoisotopic (exact) mass is 652 g/mol. The Morgan fingerprint density at radius 1 is 0.629 bits per heavy atom. The van der Waals surface area contributed by atoms with E-state index in [0.717, 1.165) is 0 Å². The molecular weight excluding hydrogens is 619 g/mol. The summed E-state index contributed by atoms with van der Waals surface area (Å²) >= 11 is -2.44. The number of hydrogen-bond donors (Lipinski definition) is 0. The van der Waals surface area contributed by atoms with Crippen LogP contribution in [0.15, 0.2) is 109 Å². The van der Waals surface area contributed by atoms with Crippen molar-refractivity contribution in [2.24, 2.45) is 7.05 Å². The SMILES string of the molecule is Cc1c(-c2c[c]([Bi]([c]3ccccc3)[c]3ccccc3)cc[n+]2C)cc(C(C)(C)C)c2ccccc12. The van der Waals surface area contributed by atoms with Gasteiger partial charge in [-0.15, -0.1) is 0 Å². The molecule has 35 heavy (non-hydrogen) atoms. The summed E-state index contributed by atoms with van der Waals surface area (Å²) in [5.74, 6) is 0. The van der Waals surface area contributed by atoms with Gasteiger partial charge in [-0.2, -0.15) is 0 Å². The Hall–Kier alpha value is -2.83. The average molecular weight is 653 g/mol. The van der Waals surface area contributed by atoms with Gasteiger partial charge in [0.25, 0.3) is 0 Å². The number of aromatic nitrogens is 1. The van der Waals surface area contributed by atoms with Gasteiger partial charge >= 0.3 is 219 Å². The van der Waals surface area contributed by atoms with E-state index in [-0.39, 0.29) is 5.41 Å². The van der Waals surface area contributed by atoms with Crippen LogP contribution in [-0.2, 0) is 12.5 Å². The number of aryl methyl sites for hydroxylation is 2. The van der Waals surface area contributed by atoms with Gasteiger partial charge in [-0.05, 0) is 0 Å². The molecule has 0 bridgehead atoms. The van der Waals surface area contributed by atoms with E-state index in [1.54, 1.807) is 0 Å². The fraction of sp³-hybridized carbons (Fsp3) is 0.182. The fourth-order valence-corrected chi connectivity index (χ4v) is 13.9. The van der Waals surface area contributed by atoms with Crippen molar-refractivity contribution in [3.63, 3.8) is 0 Å². The summed E-state index contributed by atoms with van der Waals surface area (Å²) in [5.41, 5.74) is 5.45. The molecule has 0 amide bonds. The summed E-state index contributed by atoms with van der Waals surface area (Å²) < 4.78 is 6.83. The fourth-order valence-electron chi connectivity index (χ4n) is 4.97. The van der Waals surface area contributed by atoms with Crippen LogP contribution in [0.2, 0.25) is 0 Å². The van der Waals surface area contributed by atoms with Crippen molar-refractivity contribution in [2.75, 3.05) is 0 Å². The van der Waals surface area contributed by atoms with Crippen LogP contribution in [0.25, 0.3) is 22.0 Å². The summed E-state index contributed by atoms with van der Waals surface area (Å²) in [6.07, 6.45) is 2.27. The van der Waals surface area contributed by atoms with Crippen molar-refractivity contribution >= 4 is 42.3 Å². The zero-order valence-electron chi connectivity index (χ0n) is 21.3. The van der Waals surface area contributed by atoms with Crippen molar-refractivity contribution < 1.29 is 4.57 Å². The first-order chi connectivity index (χ1) is 16.8. The molecule has 1 nitrogen and oxygen atoms in total. The van der Waals surface area contributed by atoms with Crippen LogP contribution in [-0.4, -0.2) is 21.8 Å². The Kier molecular flexibility index (Phi) is 6.60. The number of benzene rings is 4. The summed E-state index contributed by atoms with van der Waals surface area (Å²) in [4.78, 5) is 0. The molecular formula is C33H33BiN+. The van der Waals surface area contributed by atoms with Crippen LogP contribution in [0.3, 0.4) is 0 Å². The predicted octanol–water partition coefficient (Wildman–Crippen LogP) is 5.45. The molecule has 0 aliphatic heterocycles. The molecule has 0 fully saturated rings. The third-order valence-corrected chi connectivity index (χ3v) is 16.2. The Morgan fingerprint density at radius 2 is 1.17 bits per heavy atom. The number of nitrogens with zero attached hydrogens (tertiary/aromatic N) is 1. The van der Waals surface area contributed by atoms with Gasteiger partial charge in [-0.3, -0.25) is 0 Å². The molecule has 0 atom stereocenters. The van der Waals surface area contributed by atoms with Crippen molar-refractivity contribution in [2.45, 2.75) is 33.1 Å². The van der Waals surface area contributed by atoms with Crippen LogP contribution in [0.5, 0.6) is 0 Å². The summed E-state index contributed by atoms with van der Waals surface area (Å²) in [6.45, 7) is 9.25. The quantitative estimate of drug-likeness (QED) is 0.180. The van der Waals surface area contributed by atoms with Gasteiger partial charge in [0.2, 0.25) is 0 Å². The maximum absolute atomic E-state index is 2.49. The third-order valence-electron chi connectivity index (χ3n) is 6.82. The molecule has 0 aliphatic carbocycles. The molecule has 2 heteroatoms. The van der Waals surface area contributed by atoms with Crippen molar-refractivity contribution in [1.29, 1.82) is 0 Å². The molecule has 1 heterocycles. The third kappa shape index (κ3) is 4.69. The topological polar surface area (TPSA) is 3.88 Å². The molecule has 1 aromatic heterocycles. The maximum atomic E-state index is 2.49. The zero-order valence-corrected chi connectivity index (χ0v) is 24.8. The Balaban J connectivity index is 1.75. The van der Waals surface area contributed by atoms with Crippen LogP contribution in [0.1, 0.15) is 31.9 Å². The van der Waals surface area contributed by atoms with Crippen LogP contribution in [0.4, 0.5) is 0 Å². The molecule has 174 valence electrons. The van der Waals surface area contributed by atoms with Crippen molar-refractivity contribution in [3.8, 4) is 11.3 Å². The molecule has 0 saturated carbocycles. The summed E-state index contributed by atoms with van der Waals surface area (Å²) in [5, 5.41) is 2.72. The molecule has 0 unspecified atom stereocenters. The van der Waals surface area contributed by atoms with Crippen LogP contribution >= 0.6 is 0 Å². The Labute approximate surface area is 217 Å². The van der Waals surface area contributed by atoms with E-state index in [0.29, 0.717) is 0 Å². The van der Waals surface area contributed by atoms with Gasteiger partial charge in [0, 0.05) is 0 Å². The second-order valence-corrected chi connectivity index (χ2v) is 18.9. The molecule has 0 N–H and O–H groups in total. The van der Waals surface area contributed by atoms with Crippen molar-refractivity contribution in [1.82, 2.24) is 0 Å². The molecule has 0 aliphatic rings. The van der Waals surface area contributed by atoms with Gasteiger partial charge in [0.1, 0.15) is 0 Å². The zero-order chi connectivity index (χ0) is 24.6. The second kappa shape index (κ2) is 9.67. The van der Waals surface area contributed by atoms with Gasteiger partial charge in [0.05, 0.1) is 0 Å². The van der Waals surface area contributed by atoms with Gasteiger partial charge in [0.15, 0.2) is 0 Å². The van der Waals surface area contributed by atoms with E-state index in [4.69, 9.17) is 0 Å². The molecule has 4 aromatic carbocycles. The normalized spacial score (nSPS) is 11.8. The van der Waals surface area contributed by atoms with E-state index in [9.17, 15) is 0 Å². The summed E-state index contributed by atoms with van der Waals surface area (Å²) in [6, 6.07) is 38.5. The van der Waals surface area contributed by atoms with Crippen LogP contribution < -0.4 is 14.4 Å². The summed E-state index contributed by atoms with van der Waals surface area (Å²) in [7, 11) is 2.18. The van der Waals surface area contributed by atoms with Crippen molar-refractivity contribution in [3.05, 3.63) is 120 Å². The molecule has 5 rings (SSSR count). The second-order valence-electron chi connectivity index (χ2n) is 10.3. The van der Waals surface area contributed by atoms with E-state index in [1.165, 1.54) is 43.0 Å². The minimum absolute atomic E-state index is 0.0632. The van der Waals surface area contributed by atoms with E-state index in [2.05, 4.69) is 149 Å². The van der Waals surface area contributed by atoms with Crippen LogP contribution in [0, 0.1) is 6.92 Å². The molecule has 0 saturated heterocycles. The molecule has 0 spiro atoms. The average Bonchev–Trinajstić information content (AvgIpc) is 2.86. The molecule has 0 radical (unpaired) electrons. The minimum atomic E-state index is -2.44. The van der Waals surface area contributed by atoms with Gasteiger partial charge in [-0.1, -0.05) is 0 Å². The number of rotatable bonds is 4. The van der Waals surface area contributed by atoms with E-state index >= 15 is 0 Å². The van der Waals surface area contributed by atoms with Gasteiger partial charge < -0.3 is 0 Å². The number of hydrogen-bond acceptors (Lipinski definition) is 0. The number of pyridine rings is 1. The Morgan fingerprint density at radius 3 is 1.74 bits per heavy atom. The number of fused-ring (bicyclic) bond motifs is 1. The standard InChI is InChI=1S/C21H23N.2C6H5.Bi/c1-15-16-10-6-7-11-17(16)19(21(2,3)4)14-18(15)20-12-8-9-13-22(20)5;2*1-2-4-6-5-3-1;/h6-7,9-14H,1-5H3;2*1-5H;/q+1;;;. The van der Waals surface area contributed by atoms with E-state index < -0.39 is 21.8 Å². The first-order valence-corrected chi connectivity index (χ1v) is 17.5.